The van der Waals surface area contributed by atoms with Gasteiger partial charge in [0.15, 0.2) is 0 Å². The molecule has 1 aliphatic rings. The van der Waals surface area contributed by atoms with Crippen molar-refractivity contribution in [1.82, 2.24) is 10.2 Å². The van der Waals surface area contributed by atoms with Crippen molar-refractivity contribution in [3.8, 4) is 0 Å². The van der Waals surface area contributed by atoms with Gasteiger partial charge in [0, 0.05) is 19.1 Å². The summed E-state index contributed by atoms with van der Waals surface area (Å²) in [6, 6.07) is -0.145. The number of aliphatic hydroxyl groups is 2. The topological polar surface area (TPSA) is 82.0 Å². The predicted octanol–water partition coefficient (Wildman–Crippen LogP) is 2.40. The SMILES string of the molecule is Cc1cscc1C(O)C1CCC(O)N1CCNC(=O)OC(C)(C)C. The fourth-order valence-electron chi connectivity index (χ4n) is 3.01. The average molecular weight is 356 g/mol. The summed E-state index contributed by atoms with van der Waals surface area (Å²) in [6.45, 7) is 8.24. The first-order valence-electron chi connectivity index (χ1n) is 8.30. The maximum absolute atomic E-state index is 11.7. The van der Waals surface area contributed by atoms with Crippen molar-refractivity contribution in [3.63, 3.8) is 0 Å². The Labute approximate surface area is 147 Å². The second kappa shape index (κ2) is 7.82. The van der Waals surface area contributed by atoms with Gasteiger partial charge in [-0.3, -0.25) is 4.90 Å². The van der Waals surface area contributed by atoms with Gasteiger partial charge in [-0.05, 0) is 62.4 Å². The number of aryl methyl sites for hydroxylation is 1. The normalized spacial score (nSPS) is 23.2. The number of aliphatic hydroxyl groups excluding tert-OH is 2. The Balaban J connectivity index is 1.90. The molecule has 2 rings (SSSR count). The number of thiophene rings is 1. The molecule has 1 aromatic rings. The van der Waals surface area contributed by atoms with Crippen LogP contribution in [0.15, 0.2) is 10.8 Å². The minimum absolute atomic E-state index is 0.145. The highest BCUT2D eigenvalue weighted by Gasteiger charge is 2.37. The number of carbonyl (C=O) groups excluding carboxylic acids is 1. The number of likely N-dealkylation sites (tertiary alicyclic amines) is 1. The van der Waals surface area contributed by atoms with Gasteiger partial charge in [0.25, 0.3) is 0 Å². The van der Waals surface area contributed by atoms with Gasteiger partial charge in [0.1, 0.15) is 11.8 Å². The first-order valence-corrected chi connectivity index (χ1v) is 9.25. The van der Waals surface area contributed by atoms with Gasteiger partial charge in [-0.25, -0.2) is 4.79 Å². The lowest BCUT2D eigenvalue weighted by molar-refractivity contribution is -0.0198. The van der Waals surface area contributed by atoms with Gasteiger partial charge in [0.05, 0.1) is 6.10 Å². The number of rotatable bonds is 5. The Morgan fingerprint density at radius 3 is 2.75 bits per heavy atom. The third-order valence-electron chi connectivity index (χ3n) is 4.15. The lowest BCUT2D eigenvalue weighted by Crippen LogP contribution is -2.44. The molecule has 0 radical (unpaired) electrons. The molecule has 1 aromatic heterocycles. The first kappa shape index (κ1) is 19.2. The molecule has 24 heavy (non-hydrogen) atoms. The summed E-state index contributed by atoms with van der Waals surface area (Å²) in [7, 11) is 0. The van der Waals surface area contributed by atoms with Crippen molar-refractivity contribution in [2.75, 3.05) is 13.1 Å². The van der Waals surface area contributed by atoms with Crippen molar-refractivity contribution in [3.05, 3.63) is 21.9 Å². The zero-order valence-electron chi connectivity index (χ0n) is 14.8. The smallest absolute Gasteiger partial charge is 0.407 e. The minimum Gasteiger partial charge on any atom is -0.444 e. The number of hydrogen-bond acceptors (Lipinski definition) is 6. The largest absolute Gasteiger partial charge is 0.444 e. The van der Waals surface area contributed by atoms with Crippen molar-refractivity contribution in [2.24, 2.45) is 0 Å². The van der Waals surface area contributed by atoms with Crippen LogP contribution >= 0.6 is 11.3 Å². The van der Waals surface area contributed by atoms with E-state index in [2.05, 4.69) is 5.32 Å². The van der Waals surface area contributed by atoms with Gasteiger partial charge in [-0.1, -0.05) is 0 Å². The van der Waals surface area contributed by atoms with E-state index in [1.54, 1.807) is 11.3 Å². The van der Waals surface area contributed by atoms with Gasteiger partial charge < -0.3 is 20.3 Å². The van der Waals surface area contributed by atoms with E-state index in [0.717, 1.165) is 17.5 Å². The lowest BCUT2D eigenvalue weighted by atomic mass is 10.00. The maximum atomic E-state index is 11.7. The molecule has 3 N–H and O–H groups in total. The van der Waals surface area contributed by atoms with E-state index in [1.165, 1.54) is 0 Å². The second-order valence-corrected chi connectivity index (χ2v) is 7.99. The molecule has 0 bridgehead atoms. The van der Waals surface area contributed by atoms with Gasteiger partial charge in [-0.15, -0.1) is 0 Å². The van der Waals surface area contributed by atoms with Crippen LogP contribution in [0.5, 0.6) is 0 Å². The van der Waals surface area contributed by atoms with Gasteiger partial charge >= 0.3 is 6.09 Å². The average Bonchev–Trinajstić information content (AvgIpc) is 3.03. The molecule has 0 aliphatic carbocycles. The quantitative estimate of drug-likeness (QED) is 0.755. The third-order valence-corrected chi connectivity index (χ3v) is 5.03. The van der Waals surface area contributed by atoms with E-state index in [0.29, 0.717) is 19.5 Å². The zero-order chi connectivity index (χ0) is 17.9. The number of carbonyl (C=O) groups is 1. The van der Waals surface area contributed by atoms with E-state index < -0.39 is 24.0 Å². The summed E-state index contributed by atoms with van der Waals surface area (Å²) in [4.78, 5) is 13.6. The first-order chi connectivity index (χ1) is 11.2. The van der Waals surface area contributed by atoms with Crippen molar-refractivity contribution >= 4 is 17.4 Å². The molecule has 3 unspecified atom stereocenters. The van der Waals surface area contributed by atoms with E-state index >= 15 is 0 Å². The fraction of sp³-hybridized carbons (Fsp3) is 0.706. The summed E-state index contributed by atoms with van der Waals surface area (Å²) in [5.41, 5.74) is 1.46. The van der Waals surface area contributed by atoms with Gasteiger partial charge in [-0.2, -0.15) is 11.3 Å². The van der Waals surface area contributed by atoms with E-state index in [1.807, 2.05) is 43.4 Å². The highest BCUT2D eigenvalue weighted by Crippen LogP contribution is 2.34. The Kier molecular flexibility index (Phi) is 6.25. The number of nitrogens with zero attached hydrogens (tertiary/aromatic N) is 1. The maximum Gasteiger partial charge on any atom is 0.407 e. The monoisotopic (exact) mass is 356 g/mol. The lowest BCUT2D eigenvalue weighted by Gasteiger charge is -2.31. The molecule has 1 amide bonds. The fourth-order valence-corrected chi connectivity index (χ4v) is 3.89. The molecule has 136 valence electrons. The summed E-state index contributed by atoms with van der Waals surface area (Å²) in [6.07, 6.45) is -0.345. The van der Waals surface area contributed by atoms with Crippen molar-refractivity contribution < 1.29 is 19.7 Å². The molecule has 0 aromatic carbocycles. The highest BCUT2D eigenvalue weighted by molar-refractivity contribution is 7.08. The second-order valence-electron chi connectivity index (χ2n) is 7.25. The highest BCUT2D eigenvalue weighted by atomic mass is 32.1. The zero-order valence-corrected chi connectivity index (χ0v) is 15.6. The van der Waals surface area contributed by atoms with Crippen LogP contribution in [0.1, 0.15) is 50.8 Å². The van der Waals surface area contributed by atoms with E-state index in [9.17, 15) is 15.0 Å². The molecule has 1 aliphatic heterocycles. The summed E-state index contributed by atoms with van der Waals surface area (Å²) in [5, 5.41) is 27.6. The Morgan fingerprint density at radius 2 is 2.17 bits per heavy atom. The molecule has 0 saturated carbocycles. The molecule has 3 atom stereocenters. The number of alkyl carbamates (subject to hydrolysis) is 1. The molecular weight excluding hydrogens is 328 g/mol. The van der Waals surface area contributed by atoms with Crippen LogP contribution in [0.25, 0.3) is 0 Å². The van der Waals surface area contributed by atoms with Crippen molar-refractivity contribution in [2.45, 2.75) is 64.5 Å². The Bertz CT molecular complexity index is 555. The van der Waals surface area contributed by atoms with Crippen LogP contribution < -0.4 is 5.32 Å². The van der Waals surface area contributed by atoms with Crippen LogP contribution in [0.2, 0.25) is 0 Å². The molecule has 6 nitrogen and oxygen atoms in total. The standard InChI is InChI=1S/C17H28N2O4S/c1-11-9-24-10-12(11)15(21)13-5-6-14(20)19(13)8-7-18-16(22)23-17(2,3)4/h9-10,13-15,20-21H,5-8H2,1-4H3,(H,18,22). The molecular formula is C17H28N2O4S. The Morgan fingerprint density at radius 1 is 1.46 bits per heavy atom. The summed E-state index contributed by atoms with van der Waals surface area (Å²) < 4.78 is 5.20. The molecule has 2 heterocycles. The van der Waals surface area contributed by atoms with Crippen LogP contribution in [0, 0.1) is 6.92 Å². The predicted molar refractivity (Wildman–Crippen MR) is 94.0 cm³/mol. The van der Waals surface area contributed by atoms with Crippen LogP contribution in [-0.4, -0.2) is 52.2 Å². The third kappa shape index (κ3) is 4.92. The van der Waals surface area contributed by atoms with Crippen LogP contribution in [0.3, 0.4) is 0 Å². The van der Waals surface area contributed by atoms with E-state index in [4.69, 9.17) is 4.74 Å². The Hall–Kier alpha value is -1.15. The van der Waals surface area contributed by atoms with Crippen molar-refractivity contribution in [1.29, 1.82) is 0 Å². The molecule has 7 heteroatoms. The number of hydrogen-bond donors (Lipinski definition) is 3. The summed E-state index contributed by atoms with van der Waals surface area (Å²) in [5.74, 6) is 0. The molecule has 0 spiro atoms. The van der Waals surface area contributed by atoms with Crippen LogP contribution in [0.4, 0.5) is 4.79 Å². The molecule has 1 fully saturated rings. The van der Waals surface area contributed by atoms with Gasteiger partial charge in [0.2, 0.25) is 0 Å². The number of nitrogens with one attached hydrogen (secondary N) is 1. The summed E-state index contributed by atoms with van der Waals surface area (Å²) >= 11 is 1.57. The minimum atomic E-state index is -0.630. The van der Waals surface area contributed by atoms with Crippen LogP contribution in [-0.2, 0) is 4.74 Å². The molecule has 1 saturated heterocycles. The van der Waals surface area contributed by atoms with E-state index in [-0.39, 0.29) is 6.04 Å². The number of amides is 1. The number of ether oxygens (including phenoxy) is 1.